The van der Waals surface area contributed by atoms with Crippen LogP contribution in [0.1, 0.15) is 5.56 Å². The first-order valence-electron chi connectivity index (χ1n) is 8.21. The minimum atomic E-state index is 0.948. The summed E-state index contributed by atoms with van der Waals surface area (Å²) in [5.41, 5.74) is 5.50. The predicted molar refractivity (Wildman–Crippen MR) is 101 cm³/mol. The van der Waals surface area contributed by atoms with Crippen LogP contribution in [0.5, 0.6) is 0 Å². The average molecular weight is 308 g/mol. The van der Waals surface area contributed by atoms with E-state index in [9.17, 15) is 0 Å². The lowest BCUT2D eigenvalue weighted by molar-refractivity contribution is 0.670. The van der Waals surface area contributed by atoms with Gasteiger partial charge in [0, 0.05) is 16.3 Å². The van der Waals surface area contributed by atoms with Crippen LogP contribution in [-0.4, -0.2) is 0 Å². The Hall–Kier alpha value is -3.06. The fourth-order valence-electron chi connectivity index (χ4n) is 3.50. The van der Waals surface area contributed by atoms with E-state index in [0.717, 1.165) is 16.7 Å². The minimum absolute atomic E-state index is 0.948. The third kappa shape index (κ3) is 1.95. The highest BCUT2D eigenvalue weighted by Gasteiger charge is 2.12. The van der Waals surface area contributed by atoms with Gasteiger partial charge in [0.15, 0.2) is 0 Å². The summed E-state index contributed by atoms with van der Waals surface area (Å²) in [6, 6.07) is 27.8. The van der Waals surface area contributed by atoms with E-state index in [4.69, 9.17) is 4.42 Å². The topological polar surface area (TPSA) is 13.1 Å². The number of para-hydroxylation sites is 1. The molecule has 0 fully saturated rings. The summed E-state index contributed by atoms with van der Waals surface area (Å²) in [5, 5.41) is 4.87. The molecule has 0 atom stereocenters. The average Bonchev–Trinajstić information content (AvgIpc) is 2.99. The van der Waals surface area contributed by atoms with E-state index in [-0.39, 0.29) is 0 Å². The van der Waals surface area contributed by atoms with Crippen molar-refractivity contribution in [2.24, 2.45) is 0 Å². The zero-order chi connectivity index (χ0) is 16.1. The van der Waals surface area contributed by atoms with E-state index >= 15 is 0 Å². The Morgan fingerprint density at radius 2 is 1.54 bits per heavy atom. The number of benzene rings is 4. The number of aryl methyl sites for hydroxylation is 1. The number of hydrogen-bond acceptors (Lipinski definition) is 1. The van der Waals surface area contributed by atoms with Gasteiger partial charge < -0.3 is 4.42 Å². The molecule has 1 aromatic heterocycles. The molecule has 114 valence electrons. The number of furan rings is 1. The van der Waals surface area contributed by atoms with Crippen LogP contribution in [0, 0.1) is 6.92 Å². The first-order valence-corrected chi connectivity index (χ1v) is 8.21. The van der Waals surface area contributed by atoms with Crippen LogP contribution in [0.3, 0.4) is 0 Å². The zero-order valence-electron chi connectivity index (χ0n) is 13.4. The minimum Gasteiger partial charge on any atom is -0.455 e. The zero-order valence-corrected chi connectivity index (χ0v) is 13.4. The van der Waals surface area contributed by atoms with Crippen LogP contribution in [0.15, 0.2) is 83.3 Å². The quantitative estimate of drug-likeness (QED) is 0.335. The van der Waals surface area contributed by atoms with Crippen molar-refractivity contribution in [1.29, 1.82) is 0 Å². The molecule has 5 rings (SSSR count). The maximum atomic E-state index is 6.21. The van der Waals surface area contributed by atoms with Gasteiger partial charge in [-0.1, -0.05) is 66.2 Å². The molecule has 0 saturated carbocycles. The van der Waals surface area contributed by atoms with Crippen molar-refractivity contribution in [3.63, 3.8) is 0 Å². The van der Waals surface area contributed by atoms with Gasteiger partial charge in [-0.25, -0.2) is 0 Å². The maximum absolute atomic E-state index is 6.21. The highest BCUT2D eigenvalue weighted by molar-refractivity contribution is 6.10. The normalized spacial score (nSPS) is 11.5. The Morgan fingerprint density at radius 1 is 0.667 bits per heavy atom. The monoisotopic (exact) mass is 308 g/mol. The van der Waals surface area contributed by atoms with E-state index < -0.39 is 0 Å². The van der Waals surface area contributed by atoms with E-state index in [1.807, 2.05) is 0 Å². The molecular formula is C23H16O. The third-order valence-electron chi connectivity index (χ3n) is 4.71. The van der Waals surface area contributed by atoms with Crippen molar-refractivity contribution < 1.29 is 4.42 Å². The molecule has 0 aliphatic carbocycles. The Balaban J connectivity index is 1.83. The Kier molecular flexibility index (Phi) is 2.77. The lowest BCUT2D eigenvalue weighted by Crippen LogP contribution is -1.80. The van der Waals surface area contributed by atoms with Crippen LogP contribution in [0.4, 0.5) is 0 Å². The summed E-state index contributed by atoms with van der Waals surface area (Å²) < 4.78 is 6.21. The van der Waals surface area contributed by atoms with Crippen LogP contribution < -0.4 is 0 Å². The molecule has 0 spiro atoms. The van der Waals surface area contributed by atoms with Gasteiger partial charge >= 0.3 is 0 Å². The highest BCUT2D eigenvalue weighted by atomic mass is 16.3. The standard InChI is InChI=1S/C23H16O/c1-15-9-12-22-21(13-15)20-8-4-7-19(23(20)24-22)18-11-10-16-5-2-3-6-17(16)14-18/h2-14H,1H3. The van der Waals surface area contributed by atoms with Crippen molar-refractivity contribution in [2.75, 3.05) is 0 Å². The molecule has 5 aromatic rings. The highest BCUT2D eigenvalue weighted by Crippen LogP contribution is 2.36. The first kappa shape index (κ1) is 13.4. The summed E-state index contributed by atoms with van der Waals surface area (Å²) >= 11 is 0. The van der Waals surface area contributed by atoms with E-state index in [2.05, 4.69) is 85.8 Å². The van der Waals surface area contributed by atoms with Crippen molar-refractivity contribution in [1.82, 2.24) is 0 Å². The van der Waals surface area contributed by atoms with Crippen molar-refractivity contribution in [3.05, 3.63) is 84.4 Å². The molecular weight excluding hydrogens is 292 g/mol. The molecule has 0 aliphatic heterocycles. The van der Waals surface area contributed by atoms with Gasteiger partial charge in [0.25, 0.3) is 0 Å². The van der Waals surface area contributed by atoms with Crippen molar-refractivity contribution in [2.45, 2.75) is 6.92 Å². The Labute approximate surface area is 140 Å². The molecule has 0 N–H and O–H groups in total. The molecule has 0 radical (unpaired) electrons. The summed E-state index contributed by atoms with van der Waals surface area (Å²) in [7, 11) is 0. The first-order chi connectivity index (χ1) is 11.8. The number of fused-ring (bicyclic) bond motifs is 4. The number of rotatable bonds is 1. The predicted octanol–water partition coefficient (Wildman–Crippen LogP) is 6.71. The molecule has 0 aliphatic rings. The second-order valence-corrected chi connectivity index (χ2v) is 6.35. The maximum Gasteiger partial charge on any atom is 0.143 e. The van der Waals surface area contributed by atoms with Gasteiger partial charge in [0.2, 0.25) is 0 Å². The molecule has 0 unspecified atom stereocenters. The van der Waals surface area contributed by atoms with Crippen molar-refractivity contribution in [3.8, 4) is 11.1 Å². The Bertz CT molecular complexity index is 1210. The molecule has 1 heteroatoms. The smallest absolute Gasteiger partial charge is 0.143 e. The molecule has 0 saturated heterocycles. The molecule has 0 bridgehead atoms. The van der Waals surface area contributed by atoms with Gasteiger partial charge in [-0.15, -0.1) is 0 Å². The SMILES string of the molecule is Cc1ccc2oc3c(-c4ccc5ccccc5c4)cccc3c2c1. The fraction of sp³-hybridized carbons (Fsp3) is 0.0435. The molecule has 24 heavy (non-hydrogen) atoms. The second kappa shape index (κ2) is 4.97. The van der Waals surface area contributed by atoms with Crippen LogP contribution in [0.25, 0.3) is 43.8 Å². The lowest BCUT2D eigenvalue weighted by Gasteiger charge is -2.05. The molecule has 4 aromatic carbocycles. The van der Waals surface area contributed by atoms with E-state index in [1.165, 1.54) is 32.7 Å². The lowest BCUT2D eigenvalue weighted by atomic mass is 9.99. The summed E-state index contributed by atoms with van der Waals surface area (Å²) in [6.07, 6.45) is 0. The van der Waals surface area contributed by atoms with Gasteiger partial charge in [0.05, 0.1) is 0 Å². The number of hydrogen-bond donors (Lipinski definition) is 0. The van der Waals surface area contributed by atoms with E-state index in [1.54, 1.807) is 0 Å². The van der Waals surface area contributed by atoms with Crippen LogP contribution >= 0.6 is 0 Å². The second-order valence-electron chi connectivity index (χ2n) is 6.35. The summed E-state index contributed by atoms with van der Waals surface area (Å²) in [4.78, 5) is 0. The summed E-state index contributed by atoms with van der Waals surface area (Å²) in [6.45, 7) is 2.12. The fourth-order valence-corrected chi connectivity index (χ4v) is 3.50. The Morgan fingerprint density at radius 3 is 2.46 bits per heavy atom. The van der Waals surface area contributed by atoms with E-state index in [0.29, 0.717) is 0 Å². The molecule has 1 heterocycles. The molecule has 1 nitrogen and oxygen atoms in total. The van der Waals surface area contributed by atoms with Gasteiger partial charge in [-0.3, -0.25) is 0 Å². The van der Waals surface area contributed by atoms with Crippen LogP contribution in [-0.2, 0) is 0 Å². The molecule has 0 amide bonds. The largest absolute Gasteiger partial charge is 0.455 e. The third-order valence-corrected chi connectivity index (χ3v) is 4.71. The van der Waals surface area contributed by atoms with Gasteiger partial charge in [-0.05, 0) is 41.5 Å². The summed E-state index contributed by atoms with van der Waals surface area (Å²) in [5.74, 6) is 0. The van der Waals surface area contributed by atoms with Crippen LogP contribution in [0.2, 0.25) is 0 Å². The van der Waals surface area contributed by atoms with Gasteiger partial charge in [0.1, 0.15) is 11.2 Å². The van der Waals surface area contributed by atoms with Crippen molar-refractivity contribution >= 4 is 32.7 Å². The van der Waals surface area contributed by atoms with Gasteiger partial charge in [-0.2, -0.15) is 0 Å².